The van der Waals surface area contributed by atoms with Gasteiger partial charge in [-0.05, 0) is 13.1 Å². The first kappa shape index (κ1) is 15.5. The molecule has 1 aromatic carbocycles. The third kappa shape index (κ3) is 4.22. The summed E-state index contributed by atoms with van der Waals surface area (Å²) >= 11 is 5.96. The molecule has 0 heterocycles. The van der Waals surface area contributed by atoms with Gasteiger partial charge in [0.15, 0.2) is 6.04 Å². The minimum Gasteiger partial charge on any atom is -0.479 e. The number of rotatable bonds is 6. The van der Waals surface area contributed by atoms with Crippen LogP contribution in [0, 0.1) is 5.92 Å². The number of carbonyl (C=O) groups is 2. The second-order valence-corrected chi connectivity index (χ2v) is 4.67. The average Bonchev–Trinajstić information content (AvgIpc) is 2.36. The van der Waals surface area contributed by atoms with E-state index in [4.69, 9.17) is 11.6 Å². The fraction of sp³-hybridized carbons (Fsp3) is 0.385. The summed E-state index contributed by atoms with van der Waals surface area (Å²) in [5.41, 5.74) is 0.377. The van der Waals surface area contributed by atoms with E-state index in [1.54, 1.807) is 38.2 Å². The number of nitrogens with one attached hydrogen (secondary N) is 2. The van der Waals surface area contributed by atoms with Gasteiger partial charge in [0.1, 0.15) is 0 Å². The number of hydrogen-bond donors (Lipinski definition) is 3. The number of carbonyl (C=O) groups excluding carboxylic acids is 1. The van der Waals surface area contributed by atoms with Gasteiger partial charge in [-0.1, -0.05) is 36.7 Å². The van der Waals surface area contributed by atoms with Gasteiger partial charge in [0, 0.05) is 23.0 Å². The predicted molar refractivity (Wildman–Crippen MR) is 73.1 cm³/mol. The molecule has 2 atom stereocenters. The molecule has 0 aliphatic heterocycles. The third-order valence-electron chi connectivity index (χ3n) is 2.71. The van der Waals surface area contributed by atoms with Crippen LogP contribution in [-0.2, 0) is 9.59 Å². The zero-order valence-corrected chi connectivity index (χ0v) is 11.6. The van der Waals surface area contributed by atoms with E-state index in [2.05, 4.69) is 10.6 Å². The van der Waals surface area contributed by atoms with Crippen molar-refractivity contribution < 1.29 is 14.7 Å². The zero-order valence-electron chi connectivity index (χ0n) is 10.8. The number of carboxylic acids is 1. The molecular formula is C13H17ClN2O3. The van der Waals surface area contributed by atoms with Crippen molar-refractivity contribution in [3.8, 4) is 0 Å². The molecule has 1 aromatic rings. The summed E-state index contributed by atoms with van der Waals surface area (Å²) in [7, 11) is 1.73. The first-order valence-electron chi connectivity index (χ1n) is 5.89. The quantitative estimate of drug-likeness (QED) is 0.738. The molecule has 1 unspecified atom stereocenters. The van der Waals surface area contributed by atoms with E-state index in [0.717, 1.165) is 0 Å². The Morgan fingerprint density at radius 2 is 2.00 bits per heavy atom. The van der Waals surface area contributed by atoms with E-state index in [1.807, 2.05) is 0 Å². The van der Waals surface area contributed by atoms with E-state index in [-0.39, 0.29) is 11.8 Å². The molecule has 6 heteroatoms. The average molecular weight is 285 g/mol. The summed E-state index contributed by atoms with van der Waals surface area (Å²) < 4.78 is 0. The number of amides is 1. The van der Waals surface area contributed by atoms with Crippen molar-refractivity contribution in [2.24, 2.45) is 5.92 Å². The standard InChI is InChI=1S/C13H17ClN2O3/c1-8(7-15-2)12(17)16-11(13(18)19)9-5-3-4-6-10(9)14/h3-6,8,11,15H,7H2,1-2H3,(H,16,17)(H,18,19)/t8?,11-/m1/s1. The van der Waals surface area contributed by atoms with Gasteiger partial charge < -0.3 is 15.7 Å². The Bertz CT molecular complexity index is 465. The molecule has 5 nitrogen and oxygen atoms in total. The molecule has 0 fully saturated rings. The molecule has 0 aliphatic carbocycles. The molecule has 1 amide bonds. The van der Waals surface area contributed by atoms with Crippen molar-refractivity contribution in [3.05, 3.63) is 34.9 Å². The van der Waals surface area contributed by atoms with Crippen molar-refractivity contribution >= 4 is 23.5 Å². The van der Waals surface area contributed by atoms with Crippen LogP contribution in [0.2, 0.25) is 5.02 Å². The molecular weight excluding hydrogens is 268 g/mol. The van der Waals surface area contributed by atoms with Crippen molar-refractivity contribution in [2.75, 3.05) is 13.6 Å². The Balaban J connectivity index is 2.89. The minimum atomic E-state index is -1.14. The molecule has 0 aromatic heterocycles. The molecule has 0 bridgehead atoms. The van der Waals surface area contributed by atoms with Gasteiger partial charge in [0.05, 0.1) is 0 Å². The van der Waals surface area contributed by atoms with Crippen LogP contribution < -0.4 is 10.6 Å². The molecule has 104 valence electrons. The van der Waals surface area contributed by atoms with E-state index in [0.29, 0.717) is 17.1 Å². The molecule has 1 rings (SSSR count). The highest BCUT2D eigenvalue weighted by Gasteiger charge is 2.25. The molecule has 0 saturated heterocycles. The zero-order chi connectivity index (χ0) is 14.4. The molecule has 3 N–H and O–H groups in total. The highest BCUT2D eigenvalue weighted by Crippen LogP contribution is 2.23. The van der Waals surface area contributed by atoms with Crippen LogP contribution in [0.25, 0.3) is 0 Å². The van der Waals surface area contributed by atoms with Crippen LogP contribution >= 0.6 is 11.6 Å². The summed E-state index contributed by atoms with van der Waals surface area (Å²) in [4.78, 5) is 23.2. The van der Waals surface area contributed by atoms with Gasteiger partial charge in [0.25, 0.3) is 0 Å². The summed E-state index contributed by atoms with van der Waals surface area (Å²) in [6.07, 6.45) is 0. The Labute approximate surface area is 117 Å². The van der Waals surface area contributed by atoms with Gasteiger partial charge in [-0.15, -0.1) is 0 Å². The minimum absolute atomic E-state index is 0.316. The van der Waals surface area contributed by atoms with Crippen LogP contribution in [0.3, 0.4) is 0 Å². The van der Waals surface area contributed by atoms with Crippen molar-refractivity contribution in [1.29, 1.82) is 0 Å². The second kappa shape index (κ2) is 7.11. The maximum Gasteiger partial charge on any atom is 0.330 e. The summed E-state index contributed by atoms with van der Waals surface area (Å²) in [5, 5.41) is 14.9. The Kier molecular flexibility index (Phi) is 5.79. The smallest absolute Gasteiger partial charge is 0.330 e. The van der Waals surface area contributed by atoms with Crippen molar-refractivity contribution in [2.45, 2.75) is 13.0 Å². The Morgan fingerprint density at radius 1 is 1.37 bits per heavy atom. The van der Waals surface area contributed by atoms with Gasteiger partial charge in [-0.25, -0.2) is 4.79 Å². The van der Waals surface area contributed by atoms with E-state index in [9.17, 15) is 14.7 Å². The maximum atomic E-state index is 11.9. The normalized spacial score (nSPS) is 13.6. The summed E-state index contributed by atoms with van der Waals surface area (Å²) in [6, 6.07) is 5.43. The van der Waals surface area contributed by atoms with Crippen molar-refractivity contribution in [3.63, 3.8) is 0 Å². The third-order valence-corrected chi connectivity index (χ3v) is 3.05. The number of hydrogen-bond acceptors (Lipinski definition) is 3. The first-order chi connectivity index (χ1) is 8.97. The lowest BCUT2D eigenvalue weighted by atomic mass is 10.1. The summed E-state index contributed by atoms with van der Waals surface area (Å²) in [5.74, 6) is -1.80. The molecule has 0 spiro atoms. The molecule has 0 aliphatic rings. The van der Waals surface area contributed by atoms with Crippen LogP contribution in [-0.4, -0.2) is 30.6 Å². The van der Waals surface area contributed by atoms with Crippen LogP contribution in [0.15, 0.2) is 24.3 Å². The number of aliphatic carboxylic acids is 1. The number of halogens is 1. The highest BCUT2D eigenvalue weighted by molar-refractivity contribution is 6.31. The lowest BCUT2D eigenvalue weighted by molar-refractivity contribution is -0.142. The highest BCUT2D eigenvalue weighted by atomic mass is 35.5. The SMILES string of the molecule is CNCC(C)C(=O)N[C@@H](C(=O)O)c1ccccc1Cl. The predicted octanol–water partition coefficient (Wildman–Crippen LogP) is 1.44. The Morgan fingerprint density at radius 3 is 2.53 bits per heavy atom. The fourth-order valence-electron chi connectivity index (χ4n) is 1.67. The largest absolute Gasteiger partial charge is 0.479 e. The van der Waals surface area contributed by atoms with E-state index in [1.165, 1.54) is 0 Å². The molecule has 19 heavy (non-hydrogen) atoms. The lowest BCUT2D eigenvalue weighted by Gasteiger charge is -2.18. The van der Waals surface area contributed by atoms with Gasteiger partial charge in [-0.3, -0.25) is 4.79 Å². The second-order valence-electron chi connectivity index (χ2n) is 4.26. The number of benzene rings is 1. The molecule has 0 radical (unpaired) electrons. The van der Waals surface area contributed by atoms with E-state index < -0.39 is 12.0 Å². The van der Waals surface area contributed by atoms with Crippen LogP contribution in [0.1, 0.15) is 18.5 Å². The van der Waals surface area contributed by atoms with Gasteiger partial charge in [0.2, 0.25) is 5.91 Å². The first-order valence-corrected chi connectivity index (χ1v) is 6.27. The topological polar surface area (TPSA) is 78.4 Å². The number of carboxylic acid groups (broad SMARTS) is 1. The van der Waals surface area contributed by atoms with Gasteiger partial charge in [-0.2, -0.15) is 0 Å². The monoisotopic (exact) mass is 284 g/mol. The van der Waals surface area contributed by atoms with Crippen molar-refractivity contribution in [1.82, 2.24) is 10.6 Å². The molecule has 0 saturated carbocycles. The van der Waals surface area contributed by atoms with Crippen LogP contribution in [0.4, 0.5) is 0 Å². The Hall–Kier alpha value is -1.59. The lowest BCUT2D eigenvalue weighted by Crippen LogP contribution is -2.39. The summed E-state index contributed by atoms with van der Waals surface area (Å²) in [6.45, 7) is 2.19. The van der Waals surface area contributed by atoms with E-state index >= 15 is 0 Å². The van der Waals surface area contributed by atoms with Gasteiger partial charge >= 0.3 is 5.97 Å². The fourth-order valence-corrected chi connectivity index (χ4v) is 1.91. The maximum absolute atomic E-state index is 11.9. The van der Waals surface area contributed by atoms with Crippen LogP contribution in [0.5, 0.6) is 0 Å².